The molecule has 0 unspecified atom stereocenters. The highest BCUT2D eigenvalue weighted by atomic mass is 28.4. The Morgan fingerprint density at radius 2 is 1.74 bits per heavy atom. The normalized spacial score (nSPS) is 13.2. The largest absolute Gasteiger partial charge is 0.403 e. The summed E-state index contributed by atoms with van der Waals surface area (Å²) in [5.74, 6) is 0.00938. The Morgan fingerprint density at radius 1 is 1.00 bits per heavy atom. The molecule has 23 heavy (non-hydrogen) atoms. The molecule has 118 valence electrons. The van der Waals surface area contributed by atoms with E-state index in [1.54, 1.807) is 0 Å². The molecule has 0 amide bonds. The van der Waals surface area contributed by atoms with Crippen molar-refractivity contribution in [3.05, 3.63) is 71.9 Å². The number of benzene rings is 2. The van der Waals surface area contributed by atoms with Crippen molar-refractivity contribution in [1.82, 2.24) is 4.98 Å². The Labute approximate surface area is 137 Å². The van der Waals surface area contributed by atoms with Crippen molar-refractivity contribution in [3.63, 3.8) is 0 Å². The number of fused-ring (bicyclic) bond motifs is 1. The third-order valence-corrected chi connectivity index (χ3v) is 4.61. The highest BCUT2D eigenvalue weighted by Crippen LogP contribution is 2.31. The molecule has 0 aliphatic rings. The lowest BCUT2D eigenvalue weighted by molar-refractivity contribution is 0.0781. The molecular weight excluding hydrogens is 302 g/mol. The number of rotatable bonds is 5. The molecule has 1 heterocycles. The van der Waals surface area contributed by atoms with Gasteiger partial charge in [0.25, 0.3) is 0 Å². The number of para-hydroxylation sites is 1. The Hall–Kier alpha value is -2.17. The van der Waals surface area contributed by atoms with E-state index in [1.165, 1.54) is 0 Å². The lowest BCUT2D eigenvalue weighted by Crippen LogP contribution is -2.31. The van der Waals surface area contributed by atoms with Gasteiger partial charge in [-0.05, 0) is 31.1 Å². The summed E-state index contributed by atoms with van der Waals surface area (Å²) in [6, 6.07) is 17.4. The molecule has 4 heteroatoms. The first-order valence-electron chi connectivity index (χ1n) is 7.79. The molecule has 0 saturated carbocycles. The van der Waals surface area contributed by atoms with Crippen LogP contribution in [-0.4, -0.2) is 19.1 Å². The van der Waals surface area contributed by atoms with Gasteiger partial charge in [0.2, 0.25) is 0 Å². The molecule has 3 rings (SSSR count). The van der Waals surface area contributed by atoms with Crippen LogP contribution in [0.1, 0.15) is 22.0 Å². The molecule has 1 atom stereocenters. The standard InChI is InChI=1S/C19H21NO2Si/c1-23(2,3)22-19(18(21)15-8-5-4-6-9-15)16-11-7-10-14-12-13-20-17(14)16/h4-13,19-20H,1-3H3/t19-/m0/s1. The Bertz CT molecular complexity index is 818. The van der Waals surface area contributed by atoms with Crippen molar-refractivity contribution in [2.75, 3.05) is 0 Å². The minimum absolute atomic E-state index is 0.00938. The molecule has 3 nitrogen and oxygen atoms in total. The lowest BCUT2D eigenvalue weighted by atomic mass is 9.98. The van der Waals surface area contributed by atoms with Crippen molar-refractivity contribution in [2.45, 2.75) is 25.7 Å². The fourth-order valence-corrected chi connectivity index (χ4v) is 3.63. The number of H-pyrrole nitrogens is 1. The molecular formula is C19H21NO2Si. The molecule has 3 aromatic rings. The first kappa shape index (κ1) is 15.7. The maximum absolute atomic E-state index is 13.1. The monoisotopic (exact) mass is 323 g/mol. The molecule has 0 radical (unpaired) electrons. The minimum Gasteiger partial charge on any atom is -0.403 e. The van der Waals surface area contributed by atoms with Crippen LogP contribution in [0.25, 0.3) is 10.9 Å². The number of carbonyl (C=O) groups is 1. The smallest absolute Gasteiger partial charge is 0.195 e. The van der Waals surface area contributed by atoms with Gasteiger partial charge >= 0.3 is 0 Å². The van der Waals surface area contributed by atoms with E-state index >= 15 is 0 Å². The van der Waals surface area contributed by atoms with Crippen LogP contribution in [0.3, 0.4) is 0 Å². The first-order valence-corrected chi connectivity index (χ1v) is 11.2. The van der Waals surface area contributed by atoms with Crippen LogP contribution in [0.2, 0.25) is 19.6 Å². The molecule has 0 fully saturated rings. The first-order chi connectivity index (χ1) is 11.0. The van der Waals surface area contributed by atoms with E-state index in [9.17, 15) is 4.79 Å². The van der Waals surface area contributed by atoms with Gasteiger partial charge in [-0.15, -0.1) is 0 Å². The van der Waals surface area contributed by atoms with E-state index in [4.69, 9.17) is 4.43 Å². The molecule has 0 spiro atoms. The highest BCUT2D eigenvalue weighted by molar-refractivity contribution is 6.69. The molecule has 1 N–H and O–H groups in total. The average molecular weight is 323 g/mol. The molecule has 0 saturated heterocycles. The zero-order chi connectivity index (χ0) is 16.4. The van der Waals surface area contributed by atoms with Crippen LogP contribution < -0.4 is 0 Å². The van der Waals surface area contributed by atoms with Crippen LogP contribution in [0, 0.1) is 0 Å². The maximum atomic E-state index is 13.1. The molecule has 1 aromatic heterocycles. The Balaban J connectivity index is 2.09. The Kier molecular flexibility index (Phi) is 4.20. The fraction of sp³-hybridized carbons (Fsp3) is 0.211. The van der Waals surface area contributed by atoms with Crippen molar-refractivity contribution in [3.8, 4) is 0 Å². The summed E-state index contributed by atoms with van der Waals surface area (Å²) in [4.78, 5) is 16.3. The van der Waals surface area contributed by atoms with Gasteiger partial charge in [-0.2, -0.15) is 0 Å². The van der Waals surface area contributed by atoms with Crippen LogP contribution in [0.5, 0.6) is 0 Å². The second kappa shape index (κ2) is 6.14. The number of hydrogen-bond acceptors (Lipinski definition) is 2. The SMILES string of the molecule is C[Si](C)(C)O[C@H](C(=O)c1ccccc1)c1cccc2cc[nH]c12. The molecule has 0 bridgehead atoms. The summed E-state index contributed by atoms with van der Waals surface area (Å²) >= 11 is 0. The number of carbonyl (C=O) groups excluding carboxylic acids is 1. The van der Waals surface area contributed by atoms with Crippen molar-refractivity contribution >= 4 is 25.0 Å². The van der Waals surface area contributed by atoms with Crippen LogP contribution in [0.4, 0.5) is 0 Å². The van der Waals surface area contributed by atoms with Gasteiger partial charge in [-0.25, -0.2) is 0 Å². The zero-order valence-corrected chi connectivity index (χ0v) is 14.7. The average Bonchev–Trinajstić information content (AvgIpc) is 3.00. The van der Waals surface area contributed by atoms with E-state index in [-0.39, 0.29) is 5.78 Å². The number of Topliss-reactive ketones (excluding diaryl/α,β-unsaturated/α-hetero) is 1. The van der Waals surface area contributed by atoms with Gasteiger partial charge in [0.15, 0.2) is 14.1 Å². The number of nitrogens with one attached hydrogen (secondary N) is 1. The van der Waals surface area contributed by atoms with E-state index < -0.39 is 14.4 Å². The van der Waals surface area contributed by atoms with Gasteiger partial charge in [0.1, 0.15) is 6.10 Å². The second-order valence-corrected chi connectivity index (χ2v) is 11.1. The van der Waals surface area contributed by atoms with Gasteiger partial charge in [-0.3, -0.25) is 4.79 Å². The summed E-state index contributed by atoms with van der Waals surface area (Å²) in [7, 11) is -1.90. The quantitative estimate of drug-likeness (QED) is 0.533. The van der Waals surface area contributed by atoms with Crippen LogP contribution in [0.15, 0.2) is 60.8 Å². The van der Waals surface area contributed by atoms with E-state index in [0.29, 0.717) is 5.56 Å². The predicted octanol–water partition coefficient (Wildman–Crippen LogP) is 4.94. The van der Waals surface area contributed by atoms with Crippen molar-refractivity contribution in [1.29, 1.82) is 0 Å². The number of ketones is 1. The van der Waals surface area contributed by atoms with Gasteiger partial charge < -0.3 is 9.41 Å². The number of aromatic nitrogens is 1. The summed E-state index contributed by atoms with van der Waals surface area (Å²) in [5.41, 5.74) is 2.56. The second-order valence-electron chi connectivity index (χ2n) is 6.63. The van der Waals surface area contributed by atoms with Gasteiger partial charge in [0.05, 0.1) is 5.52 Å². The summed E-state index contributed by atoms with van der Waals surface area (Å²) in [6.07, 6.45) is 1.32. The van der Waals surface area contributed by atoms with E-state index in [1.807, 2.05) is 60.8 Å². The van der Waals surface area contributed by atoms with E-state index in [2.05, 4.69) is 24.6 Å². The maximum Gasteiger partial charge on any atom is 0.195 e. The van der Waals surface area contributed by atoms with Crippen LogP contribution in [-0.2, 0) is 4.43 Å². The molecule has 0 aliphatic heterocycles. The zero-order valence-electron chi connectivity index (χ0n) is 13.7. The third-order valence-electron chi connectivity index (χ3n) is 3.67. The number of hydrogen-bond donors (Lipinski definition) is 1. The highest BCUT2D eigenvalue weighted by Gasteiger charge is 2.30. The molecule has 0 aliphatic carbocycles. The van der Waals surface area contributed by atoms with E-state index in [0.717, 1.165) is 16.5 Å². The number of aromatic amines is 1. The lowest BCUT2D eigenvalue weighted by Gasteiger charge is -2.26. The summed E-state index contributed by atoms with van der Waals surface area (Å²) in [5, 5.41) is 1.09. The van der Waals surface area contributed by atoms with Crippen molar-refractivity contribution < 1.29 is 9.22 Å². The summed E-state index contributed by atoms with van der Waals surface area (Å²) < 4.78 is 6.29. The molecule has 2 aromatic carbocycles. The van der Waals surface area contributed by atoms with Gasteiger partial charge in [-0.1, -0.05) is 48.5 Å². The van der Waals surface area contributed by atoms with Crippen LogP contribution >= 0.6 is 0 Å². The minimum atomic E-state index is -1.90. The fourth-order valence-electron chi connectivity index (χ4n) is 2.69. The summed E-state index contributed by atoms with van der Waals surface area (Å²) in [6.45, 7) is 6.31. The predicted molar refractivity (Wildman–Crippen MR) is 96.2 cm³/mol. The topological polar surface area (TPSA) is 42.1 Å². The van der Waals surface area contributed by atoms with Gasteiger partial charge in [0, 0.05) is 17.3 Å². The third kappa shape index (κ3) is 3.44. The Morgan fingerprint density at radius 3 is 2.43 bits per heavy atom. The van der Waals surface area contributed by atoms with Crippen molar-refractivity contribution in [2.24, 2.45) is 0 Å².